The normalized spacial score (nSPS) is 38.0. The van der Waals surface area contributed by atoms with Gasteiger partial charge in [-0.05, 0) is 61.7 Å². The van der Waals surface area contributed by atoms with Gasteiger partial charge in [-0.1, -0.05) is 44.6 Å². The Labute approximate surface area is 232 Å². The summed E-state index contributed by atoms with van der Waals surface area (Å²) in [5, 5.41) is 34.5. The number of para-hydroxylation sites is 1. The molecule has 4 aliphatic rings. The van der Waals surface area contributed by atoms with Crippen LogP contribution >= 0.6 is 0 Å². The van der Waals surface area contributed by atoms with Crippen LogP contribution < -0.4 is 0 Å². The molecule has 4 aliphatic carbocycles. The summed E-state index contributed by atoms with van der Waals surface area (Å²) in [5.74, 6) is -0.773. The summed E-state index contributed by atoms with van der Waals surface area (Å²) in [5.41, 5.74) is -2.22. The van der Waals surface area contributed by atoms with Crippen molar-refractivity contribution >= 4 is 23.4 Å². The summed E-state index contributed by atoms with van der Waals surface area (Å²) in [6, 6.07) is 5.81. The molecule has 0 amide bonds. The van der Waals surface area contributed by atoms with Gasteiger partial charge < -0.3 is 19.7 Å². The number of fused-ring (bicyclic) bond motifs is 5. The second kappa shape index (κ2) is 9.92. The number of allylic oxidation sites excluding steroid dienone is 4. The number of carbonyl (C=O) groups is 3. The van der Waals surface area contributed by atoms with Crippen LogP contribution in [0.25, 0.3) is 0 Å². The van der Waals surface area contributed by atoms with E-state index in [9.17, 15) is 34.7 Å². The van der Waals surface area contributed by atoms with Gasteiger partial charge in [0.1, 0.15) is 12.2 Å². The molecule has 10 heteroatoms. The molecule has 3 fully saturated rings. The molecule has 0 aromatic heterocycles. The summed E-state index contributed by atoms with van der Waals surface area (Å²) in [6.07, 6.45) is 4.90. The molecule has 0 saturated heterocycles. The van der Waals surface area contributed by atoms with Gasteiger partial charge >= 0.3 is 6.16 Å². The van der Waals surface area contributed by atoms with Crippen molar-refractivity contribution in [1.29, 1.82) is 0 Å². The van der Waals surface area contributed by atoms with Crippen LogP contribution in [0, 0.1) is 44.6 Å². The van der Waals surface area contributed by atoms with Crippen molar-refractivity contribution in [3.05, 3.63) is 63.7 Å². The van der Waals surface area contributed by atoms with E-state index < -0.39 is 52.6 Å². The van der Waals surface area contributed by atoms with Crippen molar-refractivity contribution in [1.82, 2.24) is 0 Å². The average Bonchev–Trinajstić information content (AvgIpc) is 3.17. The minimum Gasteiger partial charge on any atom is -0.429 e. The SMILES string of the molecule is C[C@H]1C[C@@H]2[C@H]([C@@H](O)C[C@@]3(C)[C@H]2CC[C@]3(O)C(=O)COC(=O)OCc2ccccc2[N+](=O)[O-])[C@@]2(C)C=CC(=O)C=C12. The van der Waals surface area contributed by atoms with Gasteiger partial charge in [0.15, 0.2) is 12.4 Å². The molecule has 0 spiro atoms. The largest absolute Gasteiger partial charge is 0.509 e. The molecule has 0 heterocycles. The molecule has 0 unspecified atom stereocenters. The number of benzene rings is 1. The number of aliphatic hydroxyl groups is 2. The Morgan fingerprint density at radius 2 is 1.93 bits per heavy atom. The lowest BCUT2D eigenvalue weighted by molar-refractivity contribution is -0.385. The third-order valence-corrected chi connectivity index (χ3v) is 10.3. The van der Waals surface area contributed by atoms with E-state index in [1.165, 1.54) is 18.2 Å². The molecule has 0 bridgehead atoms. The second-order valence-electron chi connectivity index (χ2n) is 12.3. The van der Waals surface area contributed by atoms with Gasteiger partial charge in [0.2, 0.25) is 5.78 Å². The van der Waals surface area contributed by atoms with Crippen LogP contribution in [-0.4, -0.2) is 51.2 Å². The lowest BCUT2D eigenvalue weighted by atomic mass is 9.45. The predicted octanol–water partition coefficient (Wildman–Crippen LogP) is 4.07. The molecular formula is C30H35NO9. The zero-order valence-corrected chi connectivity index (χ0v) is 22.9. The Bertz CT molecular complexity index is 1320. The van der Waals surface area contributed by atoms with Crippen LogP contribution in [0.1, 0.15) is 52.0 Å². The van der Waals surface area contributed by atoms with Crippen LogP contribution in [0.3, 0.4) is 0 Å². The molecule has 214 valence electrons. The maximum atomic E-state index is 13.4. The predicted molar refractivity (Wildman–Crippen MR) is 142 cm³/mol. The molecule has 0 radical (unpaired) electrons. The number of nitro groups is 1. The van der Waals surface area contributed by atoms with E-state index in [1.54, 1.807) is 18.2 Å². The summed E-state index contributed by atoms with van der Waals surface area (Å²) >= 11 is 0. The first kappa shape index (κ1) is 28.2. The van der Waals surface area contributed by atoms with Crippen LogP contribution in [0.15, 0.2) is 48.1 Å². The van der Waals surface area contributed by atoms with Gasteiger partial charge in [0.05, 0.1) is 16.6 Å². The average molecular weight is 554 g/mol. The standard InChI is InChI=1S/C30H35NO9/c1-17-12-20-21-9-11-30(36,25(34)16-40-27(35)39-15-18-6-4-5-7-23(18)31(37)38)29(21,3)14-24(33)26(20)28(2)10-8-19(32)13-22(17)28/h4-8,10,13,17,20-21,24,26,33,36H,9,11-12,14-16H2,1-3H3/t17-,20-,21-,24-,26+,28-,29-,30-/m0/s1. The van der Waals surface area contributed by atoms with Crippen LogP contribution in [0.5, 0.6) is 0 Å². The number of nitrogens with zero attached hydrogens (tertiary/aromatic N) is 1. The molecule has 0 aliphatic heterocycles. The van der Waals surface area contributed by atoms with E-state index in [4.69, 9.17) is 9.47 Å². The number of ether oxygens (including phenoxy) is 2. The zero-order valence-electron chi connectivity index (χ0n) is 22.9. The van der Waals surface area contributed by atoms with Gasteiger partial charge in [-0.3, -0.25) is 19.7 Å². The highest BCUT2D eigenvalue weighted by molar-refractivity contribution is 6.01. The summed E-state index contributed by atoms with van der Waals surface area (Å²) < 4.78 is 10.0. The second-order valence-corrected chi connectivity index (χ2v) is 12.3. The highest BCUT2D eigenvalue weighted by Crippen LogP contribution is 2.67. The minimum atomic E-state index is -1.80. The third-order valence-electron chi connectivity index (χ3n) is 10.3. The molecular weight excluding hydrogens is 518 g/mol. The van der Waals surface area contributed by atoms with Crippen molar-refractivity contribution in [3.63, 3.8) is 0 Å². The Balaban J connectivity index is 1.28. The number of hydrogen-bond acceptors (Lipinski definition) is 9. The highest BCUT2D eigenvalue weighted by atomic mass is 16.7. The van der Waals surface area contributed by atoms with Gasteiger partial charge in [0, 0.05) is 22.8 Å². The molecule has 5 rings (SSSR count). The quantitative estimate of drug-likeness (QED) is 0.301. The number of aliphatic hydroxyl groups excluding tert-OH is 1. The number of rotatable bonds is 6. The Kier molecular flexibility index (Phi) is 6.99. The van der Waals surface area contributed by atoms with Crippen LogP contribution in [0.2, 0.25) is 0 Å². The van der Waals surface area contributed by atoms with Gasteiger partial charge in [-0.25, -0.2) is 4.79 Å². The first-order valence-electron chi connectivity index (χ1n) is 13.7. The van der Waals surface area contributed by atoms with Crippen molar-refractivity contribution in [3.8, 4) is 0 Å². The summed E-state index contributed by atoms with van der Waals surface area (Å²) in [7, 11) is 0. The number of ketones is 2. The van der Waals surface area contributed by atoms with Gasteiger partial charge in [-0.15, -0.1) is 0 Å². The molecule has 8 atom stereocenters. The Hall–Kier alpha value is -3.37. The monoisotopic (exact) mass is 553 g/mol. The van der Waals surface area contributed by atoms with E-state index in [0.29, 0.717) is 6.42 Å². The first-order valence-corrected chi connectivity index (χ1v) is 13.7. The number of carbonyl (C=O) groups excluding carboxylic acids is 3. The van der Waals surface area contributed by atoms with Crippen molar-refractivity contribution in [2.45, 2.75) is 64.8 Å². The van der Waals surface area contributed by atoms with Crippen molar-refractivity contribution in [2.75, 3.05) is 6.61 Å². The fraction of sp³-hybridized carbons (Fsp3) is 0.567. The molecule has 1 aromatic carbocycles. The van der Waals surface area contributed by atoms with Crippen LogP contribution in [-0.2, 0) is 25.7 Å². The van der Waals surface area contributed by atoms with Gasteiger partial charge in [-0.2, -0.15) is 0 Å². The van der Waals surface area contributed by atoms with Crippen LogP contribution in [0.4, 0.5) is 10.5 Å². The number of nitro benzene ring substituents is 1. The number of Topliss-reactive ketones (excluding diaryl/α,β-unsaturated/α-hetero) is 1. The van der Waals surface area contributed by atoms with Crippen molar-refractivity contribution < 1.29 is 39.0 Å². The topological polar surface area (TPSA) is 153 Å². The Morgan fingerprint density at radius 3 is 2.65 bits per heavy atom. The fourth-order valence-corrected chi connectivity index (χ4v) is 8.45. The highest BCUT2D eigenvalue weighted by Gasteiger charge is 2.68. The van der Waals surface area contributed by atoms with E-state index >= 15 is 0 Å². The molecule has 1 aromatic rings. The van der Waals surface area contributed by atoms with E-state index in [1.807, 2.05) is 13.0 Å². The number of hydrogen-bond donors (Lipinski definition) is 2. The smallest absolute Gasteiger partial charge is 0.429 e. The molecule has 40 heavy (non-hydrogen) atoms. The third kappa shape index (κ3) is 4.28. The minimum absolute atomic E-state index is 0.0260. The lowest BCUT2D eigenvalue weighted by Gasteiger charge is -2.60. The van der Waals surface area contributed by atoms with E-state index in [0.717, 1.165) is 12.0 Å². The van der Waals surface area contributed by atoms with E-state index in [2.05, 4.69) is 13.8 Å². The van der Waals surface area contributed by atoms with Gasteiger partial charge in [0.25, 0.3) is 5.69 Å². The van der Waals surface area contributed by atoms with E-state index in [-0.39, 0.29) is 53.5 Å². The van der Waals surface area contributed by atoms with Crippen molar-refractivity contribution in [2.24, 2.45) is 34.5 Å². The Morgan fingerprint density at radius 1 is 1.20 bits per heavy atom. The molecule has 10 nitrogen and oxygen atoms in total. The first-order chi connectivity index (χ1) is 18.8. The molecule has 2 N–H and O–H groups in total. The lowest BCUT2D eigenvalue weighted by Crippen LogP contribution is -2.62. The summed E-state index contributed by atoms with van der Waals surface area (Å²) in [4.78, 5) is 48.3. The molecule has 3 saturated carbocycles. The fourth-order valence-electron chi connectivity index (χ4n) is 8.45. The maximum absolute atomic E-state index is 13.4. The maximum Gasteiger partial charge on any atom is 0.509 e. The summed E-state index contributed by atoms with van der Waals surface area (Å²) in [6.45, 7) is 4.87. The zero-order chi connectivity index (χ0) is 29.0.